The summed E-state index contributed by atoms with van der Waals surface area (Å²) in [6.07, 6.45) is -1.22. The van der Waals surface area contributed by atoms with Crippen molar-refractivity contribution in [1.82, 2.24) is 3.71 Å². The topological polar surface area (TPSA) is 71.5 Å². The van der Waals surface area contributed by atoms with Gasteiger partial charge in [-0.2, -0.15) is 0 Å². The highest BCUT2D eigenvalue weighted by Gasteiger charge is 2.48. The number of sulfonamides is 2. The van der Waals surface area contributed by atoms with E-state index in [2.05, 4.69) is 0 Å². The van der Waals surface area contributed by atoms with Crippen molar-refractivity contribution in [3.05, 3.63) is 96.1 Å². The molecule has 30 heavy (non-hydrogen) atoms. The number of nitrogens with zero attached hydrogens (tertiary/aromatic N) is 1. The summed E-state index contributed by atoms with van der Waals surface area (Å²) < 4.78 is 70.0. The average molecular weight is 446 g/mol. The van der Waals surface area contributed by atoms with E-state index >= 15 is 4.39 Å². The van der Waals surface area contributed by atoms with Crippen molar-refractivity contribution in [2.45, 2.75) is 34.8 Å². The summed E-state index contributed by atoms with van der Waals surface area (Å²) in [5, 5.41) is 0. The van der Waals surface area contributed by atoms with E-state index in [1.807, 2.05) is 0 Å². The second kappa shape index (κ2) is 7.94. The SMILES string of the molecule is O=S(=O)(c1ccccc1)N([C@@H]1c2ccccc2CC[C@H]1F)S(=O)(=O)c1ccccc1. The zero-order chi connectivity index (χ0) is 21.4. The Balaban J connectivity index is 1.99. The van der Waals surface area contributed by atoms with Gasteiger partial charge < -0.3 is 0 Å². The molecule has 0 aliphatic heterocycles. The molecule has 4 rings (SSSR count). The largest absolute Gasteiger partial charge is 0.257 e. The van der Waals surface area contributed by atoms with Gasteiger partial charge in [0.05, 0.1) is 15.8 Å². The summed E-state index contributed by atoms with van der Waals surface area (Å²) in [6.45, 7) is 0. The number of hydrogen-bond acceptors (Lipinski definition) is 4. The maximum Gasteiger partial charge on any atom is 0.257 e. The maximum absolute atomic E-state index is 15.3. The molecule has 1 aliphatic rings. The van der Waals surface area contributed by atoms with Gasteiger partial charge in [0, 0.05) is 0 Å². The Hall–Kier alpha value is -2.55. The normalized spacial score (nSPS) is 19.4. The summed E-state index contributed by atoms with van der Waals surface area (Å²) >= 11 is 0. The molecular weight excluding hydrogens is 425 g/mol. The lowest BCUT2D eigenvalue weighted by atomic mass is 9.87. The van der Waals surface area contributed by atoms with Gasteiger partial charge in [0.1, 0.15) is 6.17 Å². The minimum Gasteiger partial charge on any atom is -0.245 e. The highest BCUT2D eigenvalue weighted by molar-refractivity contribution is 8.04. The number of halogens is 1. The maximum atomic E-state index is 15.3. The van der Waals surface area contributed by atoms with Gasteiger partial charge in [-0.3, -0.25) is 0 Å². The first-order valence-corrected chi connectivity index (χ1v) is 12.3. The van der Waals surface area contributed by atoms with Crippen molar-refractivity contribution in [2.75, 3.05) is 0 Å². The third kappa shape index (κ3) is 3.55. The number of rotatable bonds is 5. The van der Waals surface area contributed by atoms with Crippen molar-refractivity contribution in [1.29, 1.82) is 0 Å². The first-order valence-electron chi connectivity index (χ1n) is 9.45. The molecule has 0 spiro atoms. The minimum atomic E-state index is -4.58. The van der Waals surface area contributed by atoms with E-state index < -0.39 is 32.3 Å². The van der Waals surface area contributed by atoms with Crippen LogP contribution in [-0.4, -0.2) is 26.7 Å². The quantitative estimate of drug-likeness (QED) is 0.593. The molecular formula is C22H20FNO4S2. The second-order valence-electron chi connectivity index (χ2n) is 7.06. The minimum absolute atomic E-state index is 0.0345. The molecule has 0 unspecified atom stereocenters. The molecule has 2 atom stereocenters. The third-order valence-corrected chi connectivity index (χ3v) is 9.50. The Bertz CT molecular complexity index is 1180. The third-order valence-electron chi connectivity index (χ3n) is 5.19. The van der Waals surface area contributed by atoms with Gasteiger partial charge in [-0.1, -0.05) is 64.4 Å². The van der Waals surface area contributed by atoms with Crippen molar-refractivity contribution in [3.63, 3.8) is 0 Å². The Morgan fingerprint density at radius 1 is 0.700 bits per heavy atom. The van der Waals surface area contributed by atoms with E-state index in [1.54, 1.807) is 36.4 Å². The van der Waals surface area contributed by atoms with E-state index in [4.69, 9.17) is 0 Å². The number of benzene rings is 3. The van der Waals surface area contributed by atoms with Gasteiger partial charge in [-0.15, -0.1) is 0 Å². The van der Waals surface area contributed by atoms with Crippen LogP contribution >= 0.6 is 0 Å². The Labute approximate surface area is 175 Å². The second-order valence-corrected chi connectivity index (χ2v) is 10.9. The molecule has 0 fully saturated rings. The zero-order valence-corrected chi connectivity index (χ0v) is 17.6. The van der Waals surface area contributed by atoms with E-state index in [0.29, 0.717) is 15.7 Å². The van der Waals surface area contributed by atoms with Crippen LogP contribution in [0.4, 0.5) is 4.39 Å². The molecule has 3 aromatic rings. The molecule has 0 aromatic heterocycles. The van der Waals surface area contributed by atoms with E-state index in [1.165, 1.54) is 48.5 Å². The molecule has 0 saturated carbocycles. The molecule has 3 aromatic carbocycles. The first-order chi connectivity index (χ1) is 14.3. The van der Waals surface area contributed by atoms with Crippen molar-refractivity contribution < 1.29 is 21.2 Å². The van der Waals surface area contributed by atoms with Gasteiger partial charge in [0.2, 0.25) is 0 Å². The summed E-state index contributed by atoms with van der Waals surface area (Å²) in [5.41, 5.74) is 1.11. The fourth-order valence-electron chi connectivity index (χ4n) is 3.76. The van der Waals surface area contributed by atoms with Gasteiger partial charge in [-0.25, -0.2) is 21.2 Å². The lowest BCUT2D eigenvalue weighted by Crippen LogP contribution is -2.45. The van der Waals surface area contributed by atoms with Crippen LogP contribution in [0.15, 0.2) is 94.7 Å². The molecule has 0 radical (unpaired) electrons. The monoisotopic (exact) mass is 445 g/mol. The zero-order valence-electron chi connectivity index (χ0n) is 15.9. The molecule has 8 heteroatoms. The van der Waals surface area contributed by atoms with Crippen LogP contribution in [0, 0.1) is 0 Å². The fraction of sp³-hybridized carbons (Fsp3) is 0.182. The van der Waals surface area contributed by atoms with E-state index in [9.17, 15) is 16.8 Å². The Morgan fingerprint density at radius 3 is 1.70 bits per heavy atom. The first kappa shape index (κ1) is 20.7. The molecule has 0 saturated heterocycles. The molecule has 1 aliphatic carbocycles. The van der Waals surface area contributed by atoms with Crippen molar-refractivity contribution in [2.24, 2.45) is 0 Å². The van der Waals surface area contributed by atoms with Crippen LogP contribution in [0.2, 0.25) is 0 Å². The van der Waals surface area contributed by atoms with Crippen molar-refractivity contribution in [3.8, 4) is 0 Å². The Morgan fingerprint density at radius 2 is 1.17 bits per heavy atom. The molecule has 0 amide bonds. The average Bonchev–Trinajstić information content (AvgIpc) is 2.76. The Kier molecular flexibility index (Phi) is 5.48. The predicted molar refractivity (Wildman–Crippen MR) is 111 cm³/mol. The predicted octanol–water partition coefficient (Wildman–Crippen LogP) is 4.09. The van der Waals surface area contributed by atoms with Gasteiger partial charge in [0.15, 0.2) is 0 Å². The van der Waals surface area contributed by atoms with Crippen molar-refractivity contribution >= 4 is 20.0 Å². The number of fused-ring (bicyclic) bond motifs is 1. The summed E-state index contributed by atoms with van der Waals surface area (Å²) in [4.78, 5) is -0.417. The molecule has 5 nitrogen and oxygen atoms in total. The standard InChI is InChI=1S/C22H20FNO4S2/c23-21-16-15-17-9-7-8-14-20(17)22(21)24(29(25,26)18-10-3-1-4-11-18)30(27,28)19-12-5-2-6-13-19/h1-14,21-22H,15-16H2/t21-,22-/m1/s1. The highest BCUT2D eigenvalue weighted by Crippen LogP contribution is 2.42. The van der Waals surface area contributed by atoms with E-state index in [0.717, 1.165) is 5.56 Å². The van der Waals surface area contributed by atoms with Crippen LogP contribution in [0.25, 0.3) is 0 Å². The summed E-state index contributed by atoms with van der Waals surface area (Å²) in [6, 6.07) is 19.8. The number of alkyl halides is 1. The highest BCUT2D eigenvalue weighted by atomic mass is 32.3. The van der Waals surface area contributed by atoms with Crippen LogP contribution in [0.3, 0.4) is 0 Å². The lowest BCUT2D eigenvalue weighted by Gasteiger charge is -2.36. The molecule has 0 bridgehead atoms. The lowest BCUT2D eigenvalue weighted by molar-refractivity contribution is 0.202. The fourth-order valence-corrected chi connectivity index (χ4v) is 7.82. The van der Waals surface area contributed by atoms with Crippen LogP contribution in [0.1, 0.15) is 23.6 Å². The van der Waals surface area contributed by atoms with Crippen LogP contribution in [0.5, 0.6) is 0 Å². The van der Waals surface area contributed by atoms with Gasteiger partial charge in [-0.05, 0) is 48.2 Å². The summed E-state index contributed by atoms with van der Waals surface area (Å²) in [5.74, 6) is 0. The summed E-state index contributed by atoms with van der Waals surface area (Å²) in [7, 11) is -9.15. The number of aryl methyl sites for hydroxylation is 1. The van der Waals surface area contributed by atoms with Crippen LogP contribution in [-0.2, 0) is 26.5 Å². The molecule has 156 valence electrons. The smallest absolute Gasteiger partial charge is 0.245 e. The van der Waals surface area contributed by atoms with Gasteiger partial charge >= 0.3 is 0 Å². The van der Waals surface area contributed by atoms with E-state index in [-0.39, 0.29) is 16.2 Å². The molecule has 0 heterocycles. The number of hydrogen-bond donors (Lipinski definition) is 0. The van der Waals surface area contributed by atoms with Gasteiger partial charge in [0.25, 0.3) is 20.0 Å². The van der Waals surface area contributed by atoms with Crippen LogP contribution < -0.4 is 0 Å². The molecule has 0 N–H and O–H groups in total.